The molecule has 0 fully saturated rings. The molecule has 0 atom stereocenters. The Hall–Kier alpha value is -3.21. The van der Waals surface area contributed by atoms with Crippen molar-refractivity contribution in [1.29, 1.82) is 0 Å². The number of hydrogen-bond acceptors (Lipinski definition) is 2. The van der Waals surface area contributed by atoms with Gasteiger partial charge in [-0.25, -0.2) is 9.37 Å². The number of rotatable bonds is 3. The average molecular weight is 318 g/mol. The van der Waals surface area contributed by atoms with Gasteiger partial charge in [0.25, 0.3) is 0 Å². The second kappa shape index (κ2) is 5.77. The number of nitrogens with one attached hydrogen (secondary N) is 1. The summed E-state index contributed by atoms with van der Waals surface area (Å²) in [5.74, 6) is 0.429. The Morgan fingerprint density at radius 2 is 1.62 bits per heavy atom. The van der Waals surface area contributed by atoms with E-state index in [2.05, 4.69) is 46.4 Å². The van der Waals surface area contributed by atoms with Crippen molar-refractivity contribution in [3.8, 4) is 28.2 Å². The van der Waals surface area contributed by atoms with Crippen LogP contribution in [-0.2, 0) is 0 Å². The maximum atomic E-state index is 13.3. The van der Waals surface area contributed by atoms with Crippen molar-refractivity contribution in [2.75, 3.05) is 0 Å². The van der Waals surface area contributed by atoms with Gasteiger partial charge in [0.15, 0.2) is 5.82 Å². The smallest absolute Gasteiger partial charge is 0.157 e. The van der Waals surface area contributed by atoms with Crippen molar-refractivity contribution in [2.45, 2.75) is 6.92 Å². The van der Waals surface area contributed by atoms with E-state index in [0.717, 1.165) is 22.4 Å². The summed E-state index contributed by atoms with van der Waals surface area (Å²) in [6.45, 7) is 2.06. The van der Waals surface area contributed by atoms with Gasteiger partial charge in [0, 0.05) is 29.2 Å². The number of aromatic amines is 1. The predicted molar refractivity (Wildman–Crippen MR) is 91.3 cm³/mol. The van der Waals surface area contributed by atoms with Crippen molar-refractivity contribution in [1.82, 2.24) is 19.7 Å². The Morgan fingerprint density at radius 1 is 0.917 bits per heavy atom. The average Bonchev–Trinajstić information content (AvgIpc) is 3.25. The highest BCUT2D eigenvalue weighted by molar-refractivity contribution is 5.80. The normalized spacial score (nSPS) is 10.9. The van der Waals surface area contributed by atoms with Gasteiger partial charge in [0.2, 0.25) is 0 Å². The Bertz CT molecular complexity index is 952. The van der Waals surface area contributed by atoms with E-state index in [9.17, 15) is 4.39 Å². The number of nitrogens with zero attached hydrogens (tertiary/aromatic N) is 3. The highest BCUT2D eigenvalue weighted by atomic mass is 19.1. The second-order valence-corrected chi connectivity index (χ2v) is 5.67. The van der Waals surface area contributed by atoms with Crippen molar-refractivity contribution in [2.24, 2.45) is 0 Å². The summed E-state index contributed by atoms with van der Waals surface area (Å²) in [6.07, 6.45) is 5.51. The van der Waals surface area contributed by atoms with Crippen LogP contribution >= 0.6 is 0 Å². The lowest BCUT2D eigenvalue weighted by atomic mass is 10.0. The first-order chi connectivity index (χ1) is 11.7. The summed E-state index contributed by atoms with van der Waals surface area (Å²) >= 11 is 0. The van der Waals surface area contributed by atoms with E-state index < -0.39 is 0 Å². The molecule has 4 rings (SSSR count). The molecule has 0 bridgehead atoms. The Kier molecular flexibility index (Phi) is 3.46. The fraction of sp³-hybridized carbons (Fsp3) is 0.0526. The Labute approximate surface area is 138 Å². The third-order valence-corrected chi connectivity index (χ3v) is 3.98. The van der Waals surface area contributed by atoms with Gasteiger partial charge >= 0.3 is 0 Å². The molecule has 2 heterocycles. The van der Waals surface area contributed by atoms with Gasteiger partial charge in [-0.2, -0.15) is 5.10 Å². The zero-order chi connectivity index (χ0) is 16.5. The van der Waals surface area contributed by atoms with Gasteiger partial charge in [0.05, 0.1) is 0 Å². The molecule has 118 valence electrons. The molecule has 5 heteroatoms. The number of aromatic nitrogens is 4. The molecular formula is C19H15FN4. The zero-order valence-corrected chi connectivity index (χ0v) is 13.1. The fourth-order valence-corrected chi connectivity index (χ4v) is 2.70. The number of halogens is 1. The summed E-state index contributed by atoms with van der Waals surface area (Å²) < 4.78 is 15.3. The molecule has 4 nitrogen and oxygen atoms in total. The SMILES string of the molecule is Cc1ccc(-n2cc(-c3ccc(F)cc3)c(-c3ncn[nH]3)c2)cc1. The lowest BCUT2D eigenvalue weighted by molar-refractivity contribution is 0.628. The van der Waals surface area contributed by atoms with E-state index >= 15 is 0 Å². The lowest BCUT2D eigenvalue weighted by Crippen LogP contribution is -1.89. The van der Waals surface area contributed by atoms with Crippen LogP contribution < -0.4 is 0 Å². The first-order valence-electron chi connectivity index (χ1n) is 7.61. The maximum Gasteiger partial charge on any atom is 0.157 e. The van der Waals surface area contributed by atoms with E-state index in [1.54, 1.807) is 12.1 Å². The first-order valence-corrected chi connectivity index (χ1v) is 7.61. The van der Waals surface area contributed by atoms with E-state index in [1.807, 2.05) is 17.0 Å². The van der Waals surface area contributed by atoms with Crippen LogP contribution in [-0.4, -0.2) is 19.7 Å². The molecule has 0 radical (unpaired) electrons. The Balaban J connectivity index is 1.87. The minimum Gasteiger partial charge on any atom is -0.322 e. The highest BCUT2D eigenvalue weighted by Crippen LogP contribution is 2.32. The summed E-state index contributed by atoms with van der Waals surface area (Å²) in [6, 6.07) is 14.7. The van der Waals surface area contributed by atoms with E-state index in [-0.39, 0.29) is 5.82 Å². The maximum absolute atomic E-state index is 13.3. The van der Waals surface area contributed by atoms with Crippen LogP contribution in [0.5, 0.6) is 0 Å². The molecule has 0 unspecified atom stereocenters. The lowest BCUT2D eigenvalue weighted by Gasteiger charge is -2.03. The van der Waals surface area contributed by atoms with Crippen LogP contribution in [0.2, 0.25) is 0 Å². The molecule has 0 saturated carbocycles. The topological polar surface area (TPSA) is 46.5 Å². The van der Waals surface area contributed by atoms with Crippen molar-refractivity contribution < 1.29 is 4.39 Å². The first kappa shape index (κ1) is 14.4. The van der Waals surface area contributed by atoms with Crippen LogP contribution in [0.3, 0.4) is 0 Å². The van der Waals surface area contributed by atoms with Crippen LogP contribution in [0, 0.1) is 12.7 Å². The monoisotopic (exact) mass is 318 g/mol. The fourth-order valence-electron chi connectivity index (χ4n) is 2.70. The molecule has 2 aromatic carbocycles. The summed E-state index contributed by atoms with van der Waals surface area (Å²) in [5, 5.41) is 6.84. The Morgan fingerprint density at radius 3 is 2.29 bits per heavy atom. The third kappa shape index (κ3) is 2.60. The highest BCUT2D eigenvalue weighted by Gasteiger charge is 2.14. The minimum absolute atomic E-state index is 0.252. The van der Waals surface area contributed by atoms with Crippen LogP contribution in [0.25, 0.3) is 28.2 Å². The van der Waals surface area contributed by atoms with E-state index in [1.165, 1.54) is 24.0 Å². The number of benzene rings is 2. The largest absolute Gasteiger partial charge is 0.322 e. The third-order valence-electron chi connectivity index (χ3n) is 3.98. The van der Waals surface area contributed by atoms with Crippen LogP contribution in [0.4, 0.5) is 4.39 Å². The molecule has 0 aliphatic carbocycles. The molecule has 0 spiro atoms. The molecule has 0 saturated heterocycles. The standard InChI is InChI=1S/C19H15FN4/c1-13-2-8-16(9-3-13)24-10-17(14-4-6-15(20)7-5-14)18(11-24)19-21-12-22-23-19/h2-12H,1H3,(H,21,22,23). The van der Waals surface area contributed by atoms with Crippen LogP contribution in [0.1, 0.15) is 5.56 Å². The van der Waals surface area contributed by atoms with Crippen LogP contribution in [0.15, 0.2) is 67.3 Å². The molecule has 4 aromatic rings. The predicted octanol–water partition coefficient (Wildman–Crippen LogP) is 4.38. The molecule has 1 N–H and O–H groups in total. The quantitative estimate of drug-likeness (QED) is 0.609. The summed E-state index contributed by atoms with van der Waals surface area (Å²) in [4.78, 5) is 4.26. The molecule has 2 aromatic heterocycles. The molecular weight excluding hydrogens is 303 g/mol. The van der Waals surface area contributed by atoms with Gasteiger partial charge < -0.3 is 4.57 Å². The second-order valence-electron chi connectivity index (χ2n) is 5.67. The van der Waals surface area contributed by atoms with Gasteiger partial charge in [0.1, 0.15) is 12.1 Å². The molecule has 0 aliphatic rings. The minimum atomic E-state index is -0.252. The summed E-state index contributed by atoms with van der Waals surface area (Å²) in [7, 11) is 0. The van der Waals surface area contributed by atoms with Gasteiger partial charge in [-0.1, -0.05) is 29.8 Å². The van der Waals surface area contributed by atoms with Crippen molar-refractivity contribution in [3.63, 3.8) is 0 Å². The van der Waals surface area contributed by atoms with E-state index in [4.69, 9.17) is 0 Å². The van der Waals surface area contributed by atoms with Gasteiger partial charge in [-0.15, -0.1) is 0 Å². The van der Waals surface area contributed by atoms with Crippen molar-refractivity contribution >= 4 is 0 Å². The number of aryl methyl sites for hydroxylation is 1. The summed E-state index contributed by atoms with van der Waals surface area (Å²) in [5.41, 5.74) is 5.07. The van der Waals surface area contributed by atoms with Gasteiger partial charge in [-0.05, 0) is 36.8 Å². The van der Waals surface area contributed by atoms with Gasteiger partial charge in [-0.3, -0.25) is 5.10 Å². The zero-order valence-electron chi connectivity index (χ0n) is 13.1. The number of H-pyrrole nitrogens is 1. The van der Waals surface area contributed by atoms with Crippen molar-refractivity contribution in [3.05, 3.63) is 78.6 Å². The van der Waals surface area contributed by atoms with E-state index in [0.29, 0.717) is 5.82 Å². The molecule has 0 amide bonds. The number of hydrogen-bond donors (Lipinski definition) is 1. The molecule has 0 aliphatic heterocycles. The molecule has 24 heavy (non-hydrogen) atoms.